The van der Waals surface area contributed by atoms with Crippen molar-refractivity contribution >= 4 is 17.2 Å². The summed E-state index contributed by atoms with van der Waals surface area (Å²) in [5, 5.41) is 0. The second-order valence-corrected chi connectivity index (χ2v) is 3.16. The molecular weight excluding hydrogens is 132 g/mol. The number of thiocarbonyl (C=S) groups is 1. The van der Waals surface area contributed by atoms with Gasteiger partial charge in [-0.3, -0.25) is 0 Å². The highest BCUT2D eigenvalue weighted by molar-refractivity contribution is 7.80. The molecule has 0 aromatic rings. The first-order chi connectivity index (χ1) is 4.20. The Morgan fingerprint density at radius 2 is 2.22 bits per heavy atom. The molecule has 3 heteroatoms. The number of nitrogens with two attached hydrogens (primary N) is 2. The first kappa shape index (κ1) is 6.96. The summed E-state index contributed by atoms with van der Waals surface area (Å²) >= 11 is 4.72. The van der Waals surface area contributed by atoms with Crippen molar-refractivity contribution in [1.29, 1.82) is 0 Å². The third-order valence-corrected chi connectivity index (χ3v) is 1.95. The Morgan fingerprint density at radius 3 is 2.56 bits per heavy atom. The van der Waals surface area contributed by atoms with Crippen LogP contribution in [0.5, 0.6) is 0 Å². The molecule has 0 spiro atoms. The Kier molecular flexibility index (Phi) is 2.03. The van der Waals surface area contributed by atoms with E-state index < -0.39 is 0 Å². The average Bonchev–Trinajstić information content (AvgIpc) is 2.50. The van der Waals surface area contributed by atoms with E-state index in [0.717, 1.165) is 12.3 Å². The van der Waals surface area contributed by atoms with Crippen LogP contribution in [0.4, 0.5) is 0 Å². The highest BCUT2D eigenvalue weighted by Gasteiger charge is 2.24. The minimum Gasteiger partial charge on any atom is -0.392 e. The molecule has 1 rings (SSSR count). The second-order valence-electron chi connectivity index (χ2n) is 2.69. The molecule has 0 heterocycles. The molecule has 0 saturated heterocycles. The van der Waals surface area contributed by atoms with Gasteiger partial charge in [0.05, 0.1) is 11.0 Å². The van der Waals surface area contributed by atoms with Gasteiger partial charge in [-0.25, -0.2) is 0 Å². The van der Waals surface area contributed by atoms with Gasteiger partial charge < -0.3 is 11.5 Å². The van der Waals surface area contributed by atoms with E-state index in [1.807, 2.05) is 0 Å². The summed E-state index contributed by atoms with van der Waals surface area (Å²) in [5.41, 5.74) is 10.9. The molecule has 0 aliphatic heterocycles. The highest BCUT2D eigenvalue weighted by Crippen LogP contribution is 2.32. The lowest BCUT2D eigenvalue weighted by molar-refractivity contribution is 0.678. The summed E-state index contributed by atoms with van der Waals surface area (Å²) in [4.78, 5) is 0.460. The predicted molar refractivity (Wildman–Crippen MR) is 42.1 cm³/mol. The Labute approximate surface area is 60.6 Å². The third-order valence-electron chi connectivity index (χ3n) is 1.65. The molecule has 0 radical (unpaired) electrons. The summed E-state index contributed by atoms with van der Waals surface area (Å²) < 4.78 is 0. The van der Waals surface area contributed by atoms with Gasteiger partial charge in [-0.05, 0) is 12.3 Å². The summed E-state index contributed by atoms with van der Waals surface area (Å²) in [7, 11) is 0. The molecule has 1 saturated carbocycles. The molecule has 1 aliphatic rings. The van der Waals surface area contributed by atoms with Crippen LogP contribution in [0.3, 0.4) is 0 Å². The van der Waals surface area contributed by atoms with Gasteiger partial charge in [0.15, 0.2) is 0 Å². The number of hydrogen-bond donors (Lipinski definition) is 2. The molecule has 52 valence electrons. The zero-order valence-electron chi connectivity index (χ0n) is 5.34. The molecule has 0 amide bonds. The van der Waals surface area contributed by atoms with Crippen LogP contribution < -0.4 is 11.5 Å². The fourth-order valence-electron chi connectivity index (χ4n) is 0.829. The minimum absolute atomic E-state index is 0.0347. The van der Waals surface area contributed by atoms with E-state index in [-0.39, 0.29) is 6.04 Å². The third kappa shape index (κ3) is 2.28. The molecule has 2 nitrogen and oxygen atoms in total. The van der Waals surface area contributed by atoms with E-state index >= 15 is 0 Å². The SMILES string of the molecule is NC(=S)[C@@H](N)CC1CC1. The van der Waals surface area contributed by atoms with Crippen molar-refractivity contribution in [1.82, 2.24) is 0 Å². The molecule has 0 aromatic heterocycles. The van der Waals surface area contributed by atoms with Gasteiger partial charge in [0.1, 0.15) is 0 Å². The molecule has 0 unspecified atom stereocenters. The van der Waals surface area contributed by atoms with E-state index in [0.29, 0.717) is 4.99 Å². The number of hydrogen-bond acceptors (Lipinski definition) is 2. The van der Waals surface area contributed by atoms with Crippen molar-refractivity contribution in [2.75, 3.05) is 0 Å². The summed E-state index contributed by atoms with van der Waals surface area (Å²) in [6, 6.07) is -0.0347. The molecular formula is C6H12N2S. The lowest BCUT2D eigenvalue weighted by atomic mass is 10.1. The summed E-state index contributed by atoms with van der Waals surface area (Å²) in [6.45, 7) is 0. The van der Waals surface area contributed by atoms with Crippen LogP contribution in [0.2, 0.25) is 0 Å². The van der Waals surface area contributed by atoms with E-state index in [1.165, 1.54) is 12.8 Å². The first-order valence-corrected chi connectivity index (χ1v) is 3.66. The van der Waals surface area contributed by atoms with Gasteiger partial charge in [0, 0.05) is 0 Å². The maximum atomic E-state index is 5.59. The predicted octanol–water partition coefficient (Wildman–Crippen LogP) is 0.400. The van der Waals surface area contributed by atoms with E-state index in [4.69, 9.17) is 23.7 Å². The van der Waals surface area contributed by atoms with Crippen molar-refractivity contribution in [2.45, 2.75) is 25.3 Å². The molecule has 0 bridgehead atoms. The molecule has 0 aromatic carbocycles. The Balaban J connectivity index is 2.16. The van der Waals surface area contributed by atoms with E-state index in [1.54, 1.807) is 0 Å². The lowest BCUT2D eigenvalue weighted by Crippen LogP contribution is -2.35. The normalized spacial score (nSPS) is 21.4. The maximum absolute atomic E-state index is 5.59. The van der Waals surface area contributed by atoms with Gasteiger partial charge in [0.25, 0.3) is 0 Å². The van der Waals surface area contributed by atoms with Crippen LogP contribution in [-0.4, -0.2) is 11.0 Å². The Hall–Kier alpha value is -0.150. The fraction of sp³-hybridized carbons (Fsp3) is 0.833. The maximum Gasteiger partial charge on any atom is 0.0897 e. The van der Waals surface area contributed by atoms with Crippen molar-refractivity contribution < 1.29 is 0 Å². The zero-order valence-corrected chi connectivity index (χ0v) is 6.16. The Bertz CT molecular complexity index is 120. The van der Waals surface area contributed by atoms with Crippen LogP contribution in [0.15, 0.2) is 0 Å². The second kappa shape index (κ2) is 2.62. The minimum atomic E-state index is -0.0347. The van der Waals surface area contributed by atoms with Crippen molar-refractivity contribution in [2.24, 2.45) is 17.4 Å². The summed E-state index contributed by atoms with van der Waals surface area (Å²) in [5.74, 6) is 0.821. The van der Waals surface area contributed by atoms with Gasteiger partial charge >= 0.3 is 0 Å². The lowest BCUT2D eigenvalue weighted by Gasteiger charge is -2.06. The van der Waals surface area contributed by atoms with Crippen molar-refractivity contribution in [3.05, 3.63) is 0 Å². The average molecular weight is 144 g/mol. The van der Waals surface area contributed by atoms with Crippen LogP contribution in [0, 0.1) is 5.92 Å². The number of rotatable bonds is 3. The molecule has 4 N–H and O–H groups in total. The van der Waals surface area contributed by atoms with Gasteiger partial charge in [0.2, 0.25) is 0 Å². The van der Waals surface area contributed by atoms with Gasteiger partial charge in [-0.1, -0.05) is 25.1 Å². The molecule has 1 aliphatic carbocycles. The van der Waals surface area contributed by atoms with Gasteiger partial charge in [-0.2, -0.15) is 0 Å². The van der Waals surface area contributed by atoms with E-state index in [9.17, 15) is 0 Å². The van der Waals surface area contributed by atoms with Crippen molar-refractivity contribution in [3.8, 4) is 0 Å². The van der Waals surface area contributed by atoms with Crippen molar-refractivity contribution in [3.63, 3.8) is 0 Å². The van der Waals surface area contributed by atoms with Crippen LogP contribution in [-0.2, 0) is 0 Å². The summed E-state index contributed by atoms with van der Waals surface area (Å²) in [6.07, 6.45) is 3.63. The monoisotopic (exact) mass is 144 g/mol. The quantitative estimate of drug-likeness (QED) is 0.564. The Morgan fingerprint density at radius 1 is 1.67 bits per heavy atom. The standard InChI is InChI=1S/C6H12N2S/c7-5(6(8)9)3-4-1-2-4/h4-5H,1-3,7H2,(H2,8,9)/t5-/m0/s1. The largest absolute Gasteiger partial charge is 0.392 e. The highest BCUT2D eigenvalue weighted by atomic mass is 32.1. The fourth-order valence-corrected chi connectivity index (χ4v) is 0.925. The van der Waals surface area contributed by atoms with Gasteiger partial charge in [-0.15, -0.1) is 0 Å². The van der Waals surface area contributed by atoms with E-state index in [2.05, 4.69) is 0 Å². The van der Waals surface area contributed by atoms with Crippen LogP contribution in [0.1, 0.15) is 19.3 Å². The molecule has 9 heavy (non-hydrogen) atoms. The zero-order chi connectivity index (χ0) is 6.85. The molecule has 1 atom stereocenters. The van der Waals surface area contributed by atoms with Crippen LogP contribution >= 0.6 is 12.2 Å². The van der Waals surface area contributed by atoms with Crippen LogP contribution in [0.25, 0.3) is 0 Å². The smallest absolute Gasteiger partial charge is 0.0897 e. The first-order valence-electron chi connectivity index (χ1n) is 3.25. The molecule has 1 fully saturated rings. The topological polar surface area (TPSA) is 52.0 Å².